The average Bonchev–Trinajstić information content (AvgIpc) is 3.74. The highest BCUT2D eigenvalue weighted by Gasteiger charge is 2.40. The summed E-state index contributed by atoms with van der Waals surface area (Å²) >= 11 is 1.87. The molecule has 222 valence electrons. The first-order chi connectivity index (χ1) is 23.1. The summed E-state index contributed by atoms with van der Waals surface area (Å²) in [6, 6.07) is 50.1. The second-order valence-electron chi connectivity index (χ2n) is 13.0. The van der Waals surface area contributed by atoms with Gasteiger partial charge < -0.3 is 4.57 Å². The van der Waals surface area contributed by atoms with Gasteiger partial charge in [-0.2, -0.15) is 0 Å². The summed E-state index contributed by atoms with van der Waals surface area (Å²) < 4.78 is 5.10. The van der Waals surface area contributed by atoms with Gasteiger partial charge in [-0.3, -0.25) is 0 Å². The van der Waals surface area contributed by atoms with Crippen LogP contribution in [0.5, 0.6) is 0 Å². The average molecular weight is 620 g/mol. The lowest BCUT2D eigenvalue weighted by molar-refractivity contribution is 0.658. The van der Waals surface area contributed by atoms with Crippen molar-refractivity contribution in [3.05, 3.63) is 151 Å². The molecule has 3 heterocycles. The molecule has 0 spiro atoms. The quantitative estimate of drug-likeness (QED) is 0.197. The fourth-order valence-electron chi connectivity index (χ4n) is 7.91. The van der Waals surface area contributed by atoms with Crippen molar-refractivity contribution in [1.29, 1.82) is 0 Å². The van der Waals surface area contributed by atoms with Crippen LogP contribution in [0.2, 0.25) is 0 Å². The monoisotopic (exact) mass is 619 g/mol. The van der Waals surface area contributed by atoms with E-state index in [9.17, 15) is 0 Å². The van der Waals surface area contributed by atoms with Crippen molar-refractivity contribution in [1.82, 2.24) is 14.5 Å². The minimum atomic E-state index is -0.277. The smallest absolute Gasteiger partial charge is 0.160 e. The van der Waals surface area contributed by atoms with E-state index in [1.807, 2.05) is 17.4 Å². The van der Waals surface area contributed by atoms with Gasteiger partial charge in [0.2, 0.25) is 0 Å². The van der Waals surface area contributed by atoms with E-state index in [2.05, 4.69) is 152 Å². The Kier molecular flexibility index (Phi) is 5.50. The van der Waals surface area contributed by atoms with Crippen LogP contribution in [0, 0.1) is 0 Å². The molecule has 4 heteroatoms. The lowest BCUT2D eigenvalue weighted by atomic mass is 9.80. The SMILES string of the molecule is CC1(C)c2ccccc2-c2nc(-c3ccccc3)nc(-c3ccccc3-n3c4ccccc4c4ccc5sc6ccccc6c5c43)c21. The molecule has 0 atom stereocenters. The van der Waals surface area contributed by atoms with Gasteiger partial charge in [0, 0.05) is 58.6 Å². The van der Waals surface area contributed by atoms with Gasteiger partial charge in [-0.05, 0) is 29.8 Å². The maximum absolute atomic E-state index is 5.47. The second-order valence-corrected chi connectivity index (χ2v) is 14.0. The Morgan fingerprint density at radius 1 is 0.553 bits per heavy atom. The van der Waals surface area contributed by atoms with Crippen LogP contribution in [-0.2, 0) is 5.41 Å². The zero-order chi connectivity index (χ0) is 31.3. The molecule has 0 fully saturated rings. The molecule has 3 aromatic heterocycles. The van der Waals surface area contributed by atoms with Crippen molar-refractivity contribution in [2.24, 2.45) is 0 Å². The second kappa shape index (κ2) is 9.71. The normalized spacial score (nSPS) is 13.5. The van der Waals surface area contributed by atoms with Crippen LogP contribution in [0.3, 0.4) is 0 Å². The number of hydrogen-bond donors (Lipinski definition) is 0. The Hall–Kier alpha value is -5.58. The van der Waals surface area contributed by atoms with E-state index >= 15 is 0 Å². The van der Waals surface area contributed by atoms with Crippen LogP contribution in [0.4, 0.5) is 0 Å². The van der Waals surface area contributed by atoms with Gasteiger partial charge in [0.1, 0.15) is 0 Å². The largest absolute Gasteiger partial charge is 0.308 e. The molecule has 6 aromatic carbocycles. The summed E-state index contributed by atoms with van der Waals surface area (Å²) in [6.07, 6.45) is 0. The number of nitrogens with zero attached hydrogens (tertiary/aromatic N) is 3. The Balaban J connectivity index is 1.36. The van der Waals surface area contributed by atoms with Crippen LogP contribution < -0.4 is 0 Å². The predicted octanol–water partition coefficient (Wildman–Crippen LogP) is 11.6. The van der Waals surface area contributed by atoms with E-state index in [0.717, 1.165) is 34.0 Å². The summed E-state index contributed by atoms with van der Waals surface area (Å²) in [5.41, 5.74) is 11.1. The topological polar surface area (TPSA) is 30.7 Å². The van der Waals surface area contributed by atoms with E-state index < -0.39 is 0 Å². The molecule has 0 amide bonds. The van der Waals surface area contributed by atoms with Gasteiger partial charge in [0.05, 0.1) is 28.1 Å². The van der Waals surface area contributed by atoms with Crippen molar-refractivity contribution >= 4 is 53.3 Å². The van der Waals surface area contributed by atoms with Crippen molar-refractivity contribution in [3.63, 3.8) is 0 Å². The van der Waals surface area contributed by atoms with Crippen molar-refractivity contribution in [3.8, 4) is 39.6 Å². The first kappa shape index (κ1) is 26.6. The van der Waals surface area contributed by atoms with Crippen LogP contribution >= 0.6 is 11.3 Å². The fraction of sp³-hybridized carbons (Fsp3) is 0.0698. The highest BCUT2D eigenvalue weighted by molar-refractivity contribution is 7.26. The standard InChI is InChI=1S/C43H29N3S/c1-43(2)32-20-10-6-17-29(32)39-38(43)40(45-42(44-39)26-14-4-3-5-15-26)30-18-8-12-22-34(30)46-33-21-11-7-16-27(33)28-24-25-36-37(41(28)46)31-19-9-13-23-35(31)47-36/h3-25H,1-2H3. The first-order valence-electron chi connectivity index (χ1n) is 16.1. The van der Waals surface area contributed by atoms with Gasteiger partial charge in [-0.1, -0.05) is 129 Å². The Bertz CT molecular complexity index is 2710. The third kappa shape index (κ3) is 3.67. The maximum atomic E-state index is 5.47. The van der Waals surface area contributed by atoms with Crippen molar-refractivity contribution < 1.29 is 0 Å². The minimum absolute atomic E-state index is 0.277. The van der Waals surface area contributed by atoms with Gasteiger partial charge in [0.25, 0.3) is 0 Å². The highest BCUT2D eigenvalue weighted by Crippen LogP contribution is 2.52. The summed E-state index contributed by atoms with van der Waals surface area (Å²) in [5, 5.41) is 5.11. The van der Waals surface area contributed by atoms with E-state index in [4.69, 9.17) is 9.97 Å². The third-order valence-corrected chi connectivity index (χ3v) is 11.1. The minimum Gasteiger partial charge on any atom is -0.308 e. The van der Waals surface area contributed by atoms with Crippen LogP contribution in [0.15, 0.2) is 140 Å². The van der Waals surface area contributed by atoms with E-state index in [1.54, 1.807) is 0 Å². The van der Waals surface area contributed by atoms with Crippen molar-refractivity contribution in [2.75, 3.05) is 0 Å². The van der Waals surface area contributed by atoms with E-state index in [0.29, 0.717) is 0 Å². The van der Waals surface area contributed by atoms with E-state index in [-0.39, 0.29) is 5.41 Å². The third-order valence-electron chi connectivity index (χ3n) is 10.00. The van der Waals surface area contributed by atoms with Crippen LogP contribution in [0.25, 0.3) is 81.6 Å². The number of rotatable bonds is 3. The van der Waals surface area contributed by atoms with Gasteiger partial charge in [-0.25, -0.2) is 9.97 Å². The number of aromatic nitrogens is 3. The summed E-state index contributed by atoms with van der Waals surface area (Å²) in [7, 11) is 0. The summed E-state index contributed by atoms with van der Waals surface area (Å²) in [4.78, 5) is 10.8. The lowest BCUT2D eigenvalue weighted by Crippen LogP contribution is -2.18. The molecule has 3 nitrogen and oxygen atoms in total. The number of hydrogen-bond acceptors (Lipinski definition) is 3. The Morgan fingerprint density at radius 2 is 1.21 bits per heavy atom. The lowest BCUT2D eigenvalue weighted by Gasteiger charge is -2.25. The molecule has 9 aromatic rings. The molecule has 0 N–H and O–H groups in total. The zero-order valence-corrected chi connectivity index (χ0v) is 26.8. The molecule has 0 radical (unpaired) electrons. The Morgan fingerprint density at radius 3 is 2.06 bits per heavy atom. The highest BCUT2D eigenvalue weighted by atomic mass is 32.1. The first-order valence-corrected chi connectivity index (χ1v) is 16.9. The molecule has 0 saturated heterocycles. The molecule has 10 rings (SSSR count). The molecular weight excluding hydrogens is 591 g/mol. The van der Waals surface area contributed by atoms with Gasteiger partial charge >= 0.3 is 0 Å². The summed E-state index contributed by atoms with van der Waals surface area (Å²) in [5.74, 6) is 0.745. The summed E-state index contributed by atoms with van der Waals surface area (Å²) in [6.45, 7) is 4.63. The molecule has 47 heavy (non-hydrogen) atoms. The van der Waals surface area contributed by atoms with Crippen molar-refractivity contribution in [2.45, 2.75) is 19.3 Å². The number of fused-ring (bicyclic) bond motifs is 10. The molecular formula is C43H29N3S. The molecule has 0 bridgehead atoms. The van der Waals surface area contributed by atoms with Crippen LogP contribution in [-0.4, -0.2) is 14.5 Å². The molecule has 0 unspecified atom stereocenters. The van der Waals surface area contributed by atoms with Gasteiger partial charge in [0.15, 0.2) is 5.82 Å². The number of benzene rings is 6. The van der Waals surface area contributed by atoms with Crippen LogP contribution in [0.1, 0.15) is 25.0 Å². The molecule has 0 saturated carbocycles. The zero-order valence-electron chi connectivity index (χ0n) is 26.0. The van der Waals surface area contributed by atoms with E-state index in [1.165, 1.54) is 58.7 Å². The van der Waals surface area contributed by atoms with Gasteiger partial charge in [-0.15, -0.1) is 11.3 Å². The fourth-order valence-corrected chi connectivity index (χ4v) is 9.02. The molecule has 1 aliphatic rings. The number of thiophene rings is 1. The number of para-hydroxylation sites is 2. The maximum Gasteiger partial charge on any atom is 0.160 e. The molecule has 0 aliphatic heterocycles. The molecule has 1 aliphatic carbocycles. The Labute approximate surface area is 276 Å². The predicted molar refractivity (Wildman–Crippen MR) is 198 cm³/mol.